The molecule has 0 saturated carbocycles. The van der Waals surface area contributed by atoms with Crippen LogP contribution >= 0.6 is 15.6 Å². The molecule has 0 saturated heterocycles. The van der Waals surface area contributed by atoms with Crippen LogP contribution in [-0.4, -0.2) is 96.7 Å². The van der Waals surface area contributed by atoms with E-state index in [1.165, 1.54) is 96.3 Å². The molecule has 0 aromatic heterocycles. The first kappa shape index (κ1) is 99.5. The number of allylic oxidation sites excluding steroid dienone is 20. The van der Waals surface area contributed by atoms with Gasteiger partial charge in [0.2, 0.25) is 0 Å². The van der Waals surface area contributed by atoms with Crippen LogP contribution in [0.15, 0.2) is 122 Å². The third kappa shape index (κ3) is 75.7. The quantitative estimate of drug-likeness (QED) is 0.0169. The Hall–Kier alpha value is -4.54. The molecule has 0 amide bonds. The maximum Gasteiger partial charge on any atom is 0.472 e. The van der Waals surface area contributed by atoms with E-state index in [0.29, 0.717) is 32.1 Å². The molecular weight excluding hydrogens is 1350 g/mol. The smallest absolute Gasteiger partial charge is 0.462 e. The van der Waals surface area contributed by atoms with Crippen molar-refractivity contribution >= 4 is 39.5 Å². The fraction of sp³-hybridized carbons (Fsp3) is 0.718. The third-order valence-corrected chi connectivity index (χ3v) is 18.8. The lowest BCUT2D eigenvalue weighted by Gasteiger charge is -2.21. The van der Waals surface area contributed by atoms with Gasteiger partial charge in [0, 0.05) is 25.7 Å². The summed E-state index contributed by atoms with van der Waals surface area (Å²) in [6, 6.07) is 0. The Labute approximate surface area is 632 Å². The van der Waals surface area contributed by atoms with Crippen molar-refractivity contribution in [1.29, 1.82) is 0 Å². The molecular formula is C85H146O17P2. The summed E-state index contributed by atoms with van der Waals surface area (Å²) in [5.74, 6) is -2.30. The van der Waals surface area contributed by atoms with Crippen molar-refractivity contribution in [3.8, 4) is 0 Å². The van der Waals surface area contributed by atoms with Crippen molar-refractivity contribution in [2.45, 2.75) is 354 Å². The maximum atomic E-state index is 13.1. The van der Waals surface area contributed by atoms with Gasteiger partial charge >= 0.3 is 39.5 Å². The zero-order valence-electron chi connectivity index (χ0n) is 65.4. The minimum absolute atomic E-state index is 0.0328. The van der Waals surface area contributed by atoms with Crippen molar-refractivity contribution in [3.63, 3.8) is 0 Å². The van der Waals surface area contributed by atoms with E-state index < -0.39 is 97.5 Å². The molecule has 0 aromatic carbocycles. The van der Waals surface area contributed by atoms with Gasteiger partial charge in [-0.05, 0) is 154 Å². The molecule has 0 bridgehead atoms. The summed E-state index contributed by atoms with van der Waals surface area (Å²) in [5.41, 5.74) is 0. The fourth-order valence-corrected chi connectivity index (χ4v) is 12.2. The van der Waals surface area contributed by atoms with Crippen LogP contribution in [0.2, 0.25) is 0 Å². The number of phosphoric ester groups is 2. The highest BCUT2D eigenvalue weighted by Crippen LogP contribution is 2.45. The van der Waals surface area contributed by atoms with E-state index in [9.17, 15) is 43.2 Å². The van der Waals surface area contributed by atoms with E-state index in [0.717, 1.165) is 154 Å². The summed E-state index contributed by atoms with van der Waals surface area (Å²) >= 11 is 0. The average Bonchev–Trinajstić information content (AvgIpc) is 0.918. The minimum Gasteiger partial charge on any atom is -0.462 e. The Bertz CT molecular complexity index is 2440. The molecule has 0 spiro atoms. The number of hydrogen-bond donors (Lipinski definition) is 3. The third-order valence-electron chi connectivity index (χ3n) is 16.9. The lowest BCUT2D eigenvalue weighted by atomic mass is 10.1. The van der Waals surface area contributed by atoms with Crippen LogP contribution in [0, 0.1) is 0 Å². The van der Waals surface area contributed by atoms with Crippen molar-refractivity contribution in [3.05, 3.63) is 122 Å². The molecule has 0 aliphatic heterocycles. The number of ether oxygens (including phenoxy) is 4. The normalized spacial score (nSPS) is 14.5. The van der Waals surface area contributed by atoms with Crippen LogP contribution in [0.4, 0.5) is 0 Å². The van der Waals surface area contributed by atoms with Crippen molar-refractivity contribution in [1.82, 2.24) is 0 Å². The number of hydrogen-bond acceptors (Lipinski definition) is 15. The number of phosphoric acid groups is 2. The Balaban J connectivity index is 5.45. The number of esters is 4. The predicted molar refractivity (Wildman–Crippen MR) is 427 cm³/mol. The highest BCUT2D eigenvalue weighted by molar-refractivity contribution is 7.47. The molecule has 0 radical (unpaired) electrons. The van der Waals surface area contributed by atoms with E-state index in [-0.39, 0.29) is 25.7 Å². The van der Waals surface area contributed by atoms with Crippen molar-refractivity contribution in [2.75, 3.05) is 39.6 Å². The SMILES string of the molecule is CCCCCC=CCC=CCC=CCC=CCC=CCCC(=O)OCC(COP(=O)(O)OCC(O)COP(=O)(O)OCC(COC(=O)CCCCCCCC=CCC=CCCCCC)OC(=O)CCCCCCCC=CCCCCCCCC)OC(=O)CCCCCCCC=CCC=CCCCCC. The van der Waals surface area contributed by atoms with Gasteiger partial charge in [-0.1, -0.05) is 278 Å². The first-order valence-electron chi connectivity index (χ1n) is 40.8. The first-order chi connectivity index (χ1) is 50.7. The number of unbranched alkanes of at least 4 members (excludes halogenated alkanes) is 30. The van der Waals surface area contributed by atoms with Gasteiger partial charge in [-0.25, -0.2) is 9.13 Å². The van der Waals surface area contributed by atoms with Crippen LogP contribution in [0.1, 0.15) is 336 Å². The van der Waals surface area contributed by atoms with Gasteiger partial charge in [0.15, 0.2) is 12.2 Å². The van der Waals surface area contributed by atoms with Crippen LogP contribution < -0.4 is 0 Å². The lowest BCUT2D eigenvalue weighted by molar-refractivity contribution is -0.161. The molecule has 0 rings (SSSR count). The standard InChI is InChI=1S/C85H146O17P2/c1-5-9-13-17-21-25-29-33-37-38-39-40-44-46-50-54-58-62-66-70-83(88)96-76-81(102-85(90)72-68-64-60-56-52-48-43-36-32-28-24-20-16-12-8-4)78-100-104(93,94)98-74-79(86)73-97-103(91,92)99-77-80(101-84(89)71-67-63-59-55-51-47-42-35-31-27-23-19-15-11-7-3)75-95-82(87)69-65-61-57-53-49-45-41-34-30-26-22-18-14-10-6-2/h21-22,24-26,28,33-37,39-43,46,50,58,62,79-81,86H,5-20,23,27,29-32,38,44-45,47-49,51-57,59-61,63-78H2,1-4H3,(H,91,92)(H,93,94). The maximum absolute atomic E-state index is 13.1. The van der Waals surface area contributed by atoms with E-state index >= 15 is 0 Å². The second-order valence-electron chi connectivity index (χ2n) is 27.0. The Morgan fingerprint density at radius 2 is 0.490 bits per heavy atom. The number of carbonyl (C=O) groups is 4. The van der Waals surface area contributed by atoms with E-state index in [2.05, 4.69) is 137 Å². The molecule has 104 heavy (non-hydrogen) atoms. The molecule has 0 aliphatic carbocycles. The highest BCUT2D eigenvalue weighted by atomic mass is 31.2. The molecule has 0 aromatic rings. The van der Waals surface area contributed by atoms with Crippen LogP contribution in [0.3, 0.4) is 0 Å². The molecule has 0 fully saturated rings. The van der Waals surface area contributed by atoms with E-state index in [4.69, 9.17) is 37.0 Å². The largest absolute Gasteiger partial charge is 0.472 e. The number of rotatable bonds is 76. The summed E-state index contributed by atoms with van der Waals surface area (Å²) < 4.78 is 68.5. The second kappa shape index (κ2) is 76.6. The highest BCUT2D eigenvalue weighted by Gasteiger charge is 2.30. The molecule has 19 heteroatoms. The fourth-order valence-electron chi connectivity index (χ4n) is 10.6. The average molecular weight is 1500 g/mol. The molecule has 17 nitrogen and oxygen atoms in total. The van der Waals surface area contributed by atoms with Gasteiger partial charge in [0.05, 0.1) is 26.4 Å². The first-order valence-corrected chi connectivity index (χ1v) is 43.8. The Morgan fingerprint density at radius 3 is 0.808 bits per heavy atom. The number of aliphatic hydroxyl groups is 1. The number of carbonyl (C=O) groups excluding carboxylic acids is 4. The molecule has 3 N–H and O–H groups in total. The summed E-state index contributed by atoms with van der Waals surface area (Å²) in [5, 5.41) is 10.6. The summed E-state index contributed by atoms with van der Waals surface area (Å²) in [6.45, 7) is 4.69. The molecule has 5 atom stereocenters. The van der Waals surface area contributed by atoms with Gasteiger partial charge in [0.1, 0.15) is 19.3 Å². The van der Waals surface area contributed by atoms with Gasteiger partial charge < -0.3 is 33.8 Å². The van der Waals surface area contributed by atoms with Gasteiger partial charge in [0.25, 0.3) is 0 Å². The Kier molecular flexibility index (Phi) is 73.3. The van der Waals surface area contributed by atoms with Crippen LogP contribution in [0.25, 0.3) is 0 Å². The molecule has 0 heterocycles. The molecule has 0 aliphatic rings. The van der Waals surface area contributed by atoms with Gasteiger partial charge in [-0.3, -0.25) is 37.3 Å². The predicted octanol–water partition coefficient (Wildman–Crippen LogP) is 23.9. The van der Waals surface area contributed by atoms with E-state index in [1.807, 2.05) is 12.2 Å². The minimum atomic E-state index is -5.00. The zero-order chi connectivity index (χ0) is 76.0. The summed E-state index contributed by atoms with van der Waals surface area (Å²) in [4.78, 5) is 73.0. The second-order valence-corrected chi connectivity index (χ2v) is 29.9. The number of aliphatic hydroxyl groups excluding tert-OH is 1. The lowest BCUT2D eigenvalue weighted by Crippen LogP contribution is -2.30. The summed E-state index contributed by atoms with van der Waals surface area (Å²) in [7, 11) is -9.99. The molecule has 598 valence electrons. The van der Waals surface area contributed by atoms with Crippen molar-refractivity contribution in [2.24, 2.45) is 0 Å². The van der Waals surface area contributed by atoms with Crippen LogP contribution in [-0.2, 0) is 65.4 Å². The molecule has 5 unspecified atom stereocenters. The topological polar surface area (TPSA) is 237 Å². The van der Waals surface area contributed by atoms with Gasteiger partial charge in [-0.2, -0.15) is 0 Å². The Morgan fingerprint density at radius 1 is 0.269 bits per heavy atom. The monoisotopic (exact) mass is 1500 g/mol. The summed E-state index contributed by atoms with van der Waals surface area (Å²) in [6.07, 6.45) is 84.7. The van der Waals surface area contributed by atoms with Gasteiger partial charge in [-0.15, -0.1) is 0 Å². The van der Waals surface area contributed by atoms with E-state index in [1.54, 1.807) is 0 Å². The van der Waals surface area contributed by atoms with Crippen LogP contribution in [0.5, 0.6) is 0 Å². The van der Waals surface area contributed by atoms with Crippen molar-refractivity contribution < 1.29 is 80.2 Å². The zero-order valence-corrected chi connectivity index (χ0v) is 67.2.